The molecule has 0 N–H and O–H groups in total. The van der Waals surface area contributed by atoms with Gasteiger partial charge < -0.3 is 18.9 Å². The van der Waals surface area contributed by atoms with Gasteiger partial charge in [-0.25, -0.2) is 0 Å². The van der Waals surface area contributed by atoms with Crippen LogP contribution in [0.25, 0.3) is 27.6 Å². The molecule has 0 aromatic heterocycles. The van der Waals surface area contributed by atoms with Crippen molar-refractivity contribution >= 4 is 39.0 Å². The molecule has 206 valence electrons. The van der Waals surface area contributed by atoms with Crippen molar-refractivity contribution in [1.29, 1.82) is 0 Å². The Morgan fingerprint density at radius 2 is 1.29 bits per heavy atom. The Morgan fingerprint density at radius 3 is 1.95 bits per heavy atom. The van der Waals surface area contributed by atoms with E-state index in [0.717, 1.165) is 67.1 Å². The summed E-state index contributed by atoms with van der Waals surface area (Å²) in [6, 6.07) is 30.6. The van der Waals surface area contributed by atoms with Gasteiger partial charge in [-0.15, -0.1) is 0 Å². The van der Waals surface area contributed by atoms with E-state index in [4.69, 9.17) is 24.0 Å². The SMILES string of the molecule is COc1ccc2c(/C=C/C3=NN(c4ccccc4)C(c4c(OC)ccc5cc(OC)ccc45)C3)c(OC)ccc2c1. The normalized spacial score (nSPS) is 15.0. The zero-order valence-electron chi connectivity index (χ0n) is 23.6. The van der Waals surface area contributed by atoms with Crippen LogP contribution in [0.1, 0.15) is 23.6 Å². The molecular weight excluding hydrogens is 512 g/mol. The number of para-hydroxylation sites is 1. The highest BCUT2D eigenvalue weighted by molar-refractivity contribution is 6.04. The number of hydrazone groups is 1. The van der Waals surface area contributed by atoms with Crippen molar-refractivity contribution in [2.75, 3.05) is 33.4 Å². The molecule has 1 unspecified atom stereocenters. The molecular formula is C35H32N2O4. The van der Waals surface area contributed by atoms with E-state index in [9.17, 15) is 0 Å². The predicted octanol–water partition coefficient (Wildman–Crippen LogP) is 8.05. The van der Waals surface area contributed by atoms with E-state index < -0.39 is 0 Å². The van der Waals surface area contributed by atoms with Gasteiger partial charge in [0.25, 0.3) is 0 Å². The standard InChI is InChI=1S/C35H32N2O4/c1-38-27-13-16-29-23(20-27)10-18-33(40-3)31(29)15-12-25-22-32(37(36-25)26-8-6-5-7-9-26)35-30-17-14-28(39-2)21-24(30)11-19-34(35)41-4/h5-21,32H,22H2,1-4H3/b15-12+. The Labute approximate surface area is 240 Å². The van der Waals surface area contributed by atoms with E-state index in [1.807, 2.05) is 48.5 Å². The van der Waals surface area contributed by atoms with Crippen molar-refractivity contribution in [1.82, 2.24) is 0 Å². The molecule has 6 rings (SSSR count). The fourth-order valence-electron chi connectivity index (χ4n) is 5.61. The second-order valence-corrected chi connectivity index (χ2v) is 9.86. The van der Waals surface area contributed by atoms with Gasteiger partial charge in [0, 0.05) is 17.5 Å². The third kappa shape index (κ3) is 4.93. The summed E-state index contributed by atoms with van der Waals surface area (Å²) >= 11 is 0. The van der Waals surface area contributed by atoms with E-state index >= 15 is 0 Å². The lowest BCUT2D eigenvalue weighted by atomic mass is 9.93. The quantitative estimate of drug-likeness (QED) is 0.198. The highest BCUT2D eigenvalue weighted by Crippen LogP contribution is 2.43. The number of benzene rings is 5. The van der Waals surface area contributed by atoms with E-state index in [2.05, 4.69) is 59.6 Å². The molecule has 0 amide bonds. The lowest BCUT2D eigenvalue weighted by Crippen LogP contribution is -2.19. The fourth-order valence-corrected chi connectivity index (χ4v) is 5.61. The lowest BCUT2D eigenvalue weighted by molar-refractivity contribution is 0.406. The molecule has 0 saturated carbocycles. The number of fused-ring (bicyclic) bond motifs is 2. The molecule has 5 aromatic rings. The monoisotopic (exact) mass is 544 g/mol. The third-order valence-electron chi connectivity index (χ3n) is 7.63. The average molecular weight is 545 g/mol. The zero-order valence-corrected chi connectivity index (χ0v) is 23.6. The van der Waals surface area contributed by atoms with Crippen LogP contribution in [0.4, 0.5) is 5.69 Å². The Morgan fingerprint density at radius 1 is 0.659 bits per heavy atom. The van der Waals surface area contributed by atoms with Crippen molar-refractivity contribution in [3.63, 3.8) is 0 Å². The fraction of sp³-hybridized carbons (Fsp3) is 0.171. The number of hydrogen-bond acceptors (Lipinski definition) is 6. The summed E-state index contributed by atoms with van der Waals surface area (Å²) in [5, 5.41) is 11.6. The maximum absolute atomic E-state index is 5.91. The Hall–Kier alpha value is -4.97. The van der Waals surface area contributed by atoms with Crippen molar-refractivity contribution in [2.45, 2.75) is 12.5 Å². The van der Waals surface area contributed by atoms with Crippen LogP contribution in [0, 0.1) is 0 Å². The summed E-state index contributed by atoms with van der Waals surface area (Å²) in [6.45, 7) is 0. The van der Waals surface area contributed by atoms with Gasteiger partial charge in [0.1, 0.15) is 23.0 Å². The highest BCUT2D eigenvalue weighted by atomic mass is 16.5. The van der Waals surface area contributed by atoms with Gasteiger partial charge in [-0.3, -0.25) is 5.01 Å². The van der Waals surface area contributed by atoms with Gasteiger partial charge in [0.15, 0.2) is 0 Å². The lowest BCUT2D eigenvalue weighted by Gasteiger charge is -2.26. The summed E-state index contributed by atoms with van der Waals surface area (Å²) in [7, 11) is 6.79. The summed E-state index contributed by atoms with van der Waals surface area (Å²) in [5.74, 6) is 3.28. The van der Waals surface area contributed by atoms with Crippen LogP contribution in [-0.2, 0) is 0 Å². The smallest absolute Gasteiger partial charge is 0.126 e. The molecule has 41 heavy (non-hydrogen) atoms. The molecule has 0 bridgehead atoms. The molecule has 1 atom stereocenters. The number of hydrogen-bond donors (Lipinski definition) is 0. The van der Waals surface area contributed by atoms with Gasteiger partial charge in [0.05, 0.1) is 45.9 Å². The Bertz CT molecular complexity index is 1780. The second kappa shape index (κ2) is 11.3. The van der Waals surface area contributed by atoms with Gasteiger partial charge in [-0.2, -0.15) is 5.10 Å². The van der Waals surface area contributed by atoms with E-state index in [-0.39, 0.29) is 6.04 Å². The first-order valence-corrected chi connectivity index (χ1v) is 13.5. The minimum atomic E-state index is -0.0669. The summed E-state index contributed by atoms with van der Waals surface area (Å²) in [4.78, 5) is 0. The van der Waals surface area contributed by atoms with Gasteiger partial charge in [0.2, 0.25) is 0 Å². The van der Waals surface area contributed by atoms with Gasteiger partial charge >= 0.3 is 0 Å². The molecule has 0 radical (unpaired) electrons. The second-order valence-electron chi connectivity index (χ2n) is 9.86. The van der Waals surface area contributed by atoms with Crippen LogP contribution in [0.2, 0.25) is 0 Å². The number of allylic oxidation sites excluding steroid dienone is 1. The van der Waals surface area contributed by atoms with Crippen LogP contribution in [0.15, 0.2) is 102 Å². The third-order valence-corrected chi connectivity index (χ3v) is 7.63. The maximum Gasteiger partial charge on any atom is 0.126 e. The molecule has 1 aliphatic heterocycles. The first-order valence-electron chi connectivity index (χ1n) is 13.5. The molecule has 0 aliphatic carbocycles. The maximum atomic E-state index is 5.91. The summed E-state index contributed by atoms with van der Waals surface area (Å²) in [5.41, 5.74) is 4.07. The van der Waals surface area contributed by atoms with Crippen LogP contribution in [-0.4, -0.2) is 34.2 Å². The first kappa shape index (κ1) is 26.3. The zero-order chi connectivity index (χ0) is 28.3. The first-order chi connectivity index (χ1) is 20.1. The average Bonchev–Trinajstić information content (AvgIpc) is 3.46. The molecule has 0 spiro atoms. The van der Waals surface area contributed by atoms with Gasteiger partial charge in [-0.05, 0) is 88.3 Å². The molecule has 0 saturated heterocycles. The van der Waals surface area contributed by atoms with Crippen molar-refractivity contribution in [2.24, 2.45) is 5.10 Å². The molecule has 6 nitrogen and oxygen atoms in total. The number of ether oxygens (including phenoxy) is 4. The molecule has 0 fully saturated rings. The molecule has 6 heteroatoms. The topological polar surface area (TPSA) is 52.5 Å². The Kier molecular flexibility index (Phi) is 7.21. The van der Waals surface area contributed by atoms with Crippen molar-refractivity contribution in [3.8, 4) is 23.0 Å². The predicted molar refractivity (Wildman–Crippen MR) is 167 cm³/mol. The van der Waals surface area contributed by atoms with E-state index in [1.54, 1.807) is 28.4 Å². The number of nitrogens with zero attached hydrogens (tertiary/aromatic N) is 2. The van der Waals surface area contributed by atoms with Crippen LogP contribution >= 0.6 is 0 Å². The van der Waals surface area contributed by atoms with Crippen molar-refractivity contribution in [3.05, 3.63) is 108 Å². The molecule has 1 heterocycles. The van der Waals surface area contributed by atoms with Crippen LogP contribution in [0.5, 0.6) is 23.0 Å². The summed E-state index contributed by atoms with van der Waals surface area (Å²) in [6.07, 6.45) is 4.90. The summed E-state index contributed by atoms with van der Waals surface area (Å²) < 4.78 is 22.6. The Balaban J connectivity index is 1.45. The number of methoxy groups -OCH3 is 4. The van der Waals surface area contributed by atoms with Crippen LogP contribution < -0.4 is 24.0 Å². The molecule has 5 aromatic carbocycles. The minimum Gasteiger partial charge on any atom is -0.497 e. The molecule has 1 aliphatic rings. The largest absolute Gasteiger partial charge is 0.497 e. The minimum absolute atomic E-state index is 0.0669. The van der Waals surface area contributed by atoms with Gasteiger partial charge in [-0.1, -0.05) is 36.4 Å². The number of anilines is 1. The number of rotatable bonds is 8. The van der Waals surface area contributed by atoms with E-state index in [0.29, 0.717) is 6.42 Å². The van der Waals surface area contributed by atoms with Crippen LogP contribution in [0.3, 0.4) is 0 Å². The van der Waals surface area contributed by atoms with E-state index in [1.165, 1.54) is 0 Å². The highest BCUT2D eigenvalue weighted by Gasteiger charge is 2.32. The van der Waals surface area contributed by atoms with Crippen molar-refractivity contribution < 1.29 is 18.9 Å².